The molecule has 0 aliphatic rings. The van der Waals surface area contributed by atoms with Gasteiger partial charge in [0.25, 0.3) is 0 Å². The van der Waals surface area contributed by atoms with Crippen LogP contribution in [-0.2, 0) is 13.1 Å². The first-order valence-corrected chi connectivity index (χ1v) is 6.86. The Balaban J connectivity index is 2.02. The summed E-state index contributed by atoms with van der Waals surface area (Å²) in [6.45, 7) is 3.56. The number of nitrogens with zero attached hydrogens (tertiary/aromatic N) is 4. The average Bonchev–Trinajstić information content (AvgIpc) is 2.84. The Morgan fingerprint density at radius 1 is 1.42 bits per heavy atom. The van der Waals surface area contributed by atoms with Crippen LogP contribution in [0.5, 0.6) is 5.75 Å². The van der Waals surface area contributed by atoms with Crippen molar-refractivity contribution in [2.75, 3.05) is 12.4 Å². The molecule has 0 aliphatic heterocycles. The van der Waals surface area contributed by atoms with E-state index >= 15 is 0 Å². The van der Waals surface area contributed by atoms with Crippen molar-refractivity contribution in [1.29, 1.82) is 0 Å². The third kappa shape index (κ3) is 3.44. The van der Waals surface area contributed by atoms with E-state index in [0.717, 1.165) is 28.8 Å². The van der Waals surface area contributed by atoms with Crippen LogP contribution in [0.4, 0.5) is 5.95 Å². The van der Waals surface area contributed by atoms with Crippen LogP contribution in [0.3, 0.4) is 0 Å². The second-order valence-corrected chi connectivity index (χ2v) is 4.90. The number of aromatic nitrogens is 4. The zero-order valence-electron chi connectivity index (χ0n) is 10.9. The molecule has 0 radical (unpaired) electrons. The van der Waals surface area contributed by atoms with Crippen LogP contribution in [0, 0.1) is 0 Å². The Hall–Kier alpha value is -1.63. The third-order valence-corrected chi connectivity index (χ3v) is 3.25. The van der Waals surface area contributed by atoms with Crippen LogP contribution < -0.4 is 10.1 Å². The van der Waals surface area contributed by atoms with Crippen molar-refractivity contribution in [3.8, 4) is 5.75 Å². The first-order valence-electron chi connectivity index (χ1n) is 6.07. The molecule has 0 saturated carbocycles. The molecule has 7 heteroatoms. The van der Waals surface area contributed by atoms with Gasteiger partial charge < -0.3 is 10.1 Å². The first kappa shape index (κ1) is 13.8. The van der Waals surface area contributed by atoms with E-state index < -0.39 is 0 Å². The Morgan fingerprint density at radius 2 is 2.26 bits per heavy atom. The minimum absolute atomic E-state index is 0.659. The van der Waals surface area contributed by atoms with Gasteiger partial charge in [-0.15, -0.1) is 0 Å². The number of methoxy groups -OCH3 is 1. The van der Waals surface area contributed by atoms with Crippen molar-refractivity contribution in [2.24, 2.45) is 0 Å². The van der Waals surface area contributed by atoms with Gasteiger partial charge in [0.1, 0.15) is 5.75 Å². The van der Waals surface area contributed by atoms with Crippen molar-refractivity contribution in [1.82, 2.24) is 20.2 Å². The second kappa shape index (κ2) is 6.51. The summed E-state index contributed by atoms with van der Waals surface area (Å²) in [6, 6.07) is 5.94. The minimum atomic E-state index is 0.659. The topological polar surface area (TPSA) is 64.9 Å². The number of halogens is 1. The SMILES string of the molecule is CCCn1nnnc1NCc1ccc(OC)c(Br)c1. The fourth-order valence-electron chi connectivity index (χ4n) is 1.69. The zero-order chi connectivity index (χ0) is 13.7. The van der Waals surface area contributed by atoms with Gasteiger partial charge in [-0.1, -0.05) is 18.1 Å². The average molecular weight is 326 g/mol. The summed E-state index contributed by atoms with van der Waals surface area (Å²) in [5, 5.41) is 14.8. The predicted octanol–water partition coefficient (Wildman–Crippen LogP) is 2.47. The Kier molecular flexibility index (Phi) is 4.73. The van der Waals surface area contributed by atoms with Gasteiger partial charge in [0.2, 0.25) is 5.95 Å². The molecule has 6 nitrogen and oxygen atoms in total. The van der Waals surface area contributed by atoms with Crippen molar-refractivity contribution in [3.05, 3.63) is 28.2 Å². The number of nitrogens with one attached hydrogen (secondary N) is 1. The molecular formula is C12H16BrN5O. The summed E-state index contributed by atoms with van der Waals surface area (Å²) in [4.78, 5) is 0. The normalized spacial score (nSPS) is 10.5. The summed E-state index contributed by atoms with van der Waals surface area (Å²) in [5.41, 5.74) is 1.12. The Bertz CT molecular complexity index is 543. The summed E-state index contributed by atoms with van der Waals surface area (Å²) in [5.74, 6) is 1.51. The fourth-order valence-corrected chi connectivity index (χ4v) is 2.28. The van der Waals surface area contributed by atoms with Crippen molar-refractivity contribution in [3.63, 3.8) is 0 Å². The van der Waals surface area contributed by atoms with Crippen LogP contribution in [-0.4, -0.2) is 27.3 Å². The third-order valence-electron chi connectivity index (χ3n) is 2.63. The van der Waals surface area contributed by atoms with E-state index in [2.05, 4.69) is 43.7 Å². The Morgan fingerprint density at radius 3 is 2.95 bits per heavy atom. The van der Waals surface area contributed by atoms with E-state index in [4.69, 9.17) is 4.74 Å². The summed E-state index contributed by atoms with van der Waals surface area (Å²) in [7, 11) is 1.65. The molecule has 0 bridgehead atoms. The molecule has 2 rings (SSSR count). The number of hydrogen-bond donors (Lipinski definition) is 1. The van der Waals surface area contributed by atoms with Gasteiger partial charge in [-0.05, 0) is 50.5 Å². The Labute approximate surface area is 120 Å². The molecule has 2 aromatic rings. The number of rotatable bonds is 6. The highest BCUT2D eigenvalue weighted by Gasteiger charge is 2.05. The van der Waals surface area contributed by atoms with Crippen molar-refractivity contribution >= 4 is 21.9 Å². The smallest absolute Gasteiger partial charge is 0.243 e. The van der Waals surface area contributed by atoms with Crippen LogP contribution in [0.15, 0.2) is 22.7 Å². The van der Waals surface area contributed by atoms with Crippen LogP contribution in [0.2, 0.25) is 0 Å². The van der Waals surface area contributed by atoms with Crippen LogP contribution in [0.25, 0.3) is 0 Å². The van der Waals surface area contributed by atoms with E-state index in [1.165, 1.54) is 0 Å². The maximum Gasteiger partial charge on any atom is 0.243 e. The summed E-state index contributed by atoms with van der Waals surface area (Å²) < 4.78 is 7.89. The lowest BCUT2D eigenvalue weighted by molar-refractivity contribution is 0.412. The quantitative estimate of drug-likeness (QED) is 0.883. The zero-order valence-corrected chi connectivity index (χ0v) is 12.5. The highest BCUT2D eigenvalue weighted by atomic mass is 79.9. The molecule has 1 aromatic carbocycles. The molecule has 19 heavy (non-hydrogen) atoms. The molecule has 0 fully saturated rings. The van der Waals surface area contributed by atoms with E-state index in [1.807, 2.05) is 18.2 Å². The molecule has 0 spiro atoms. The van der Waals surface area contributed by atoms with E-state index in [1.54, 1.807) is 11.8 Å². The number of hydrogen-bond acceptors (Lipinski definition) is 5. The molecule has 0 amide bonds. The van der Waals surface area contributed by atoms with Gasteiger partial charge in [0, 0.05) is 13.1 Å². The molecule has 1 heterocycles. The lowest BCUT2D eigenvalue weighted by Gasteiger charge is -2.08. The highest BCUT2D eigenvalue weighted by molar-refractivity contribution is 9.10. The number of benzene rings is 1. The number of aryl methyl sites for hydroxylation is 1. The molecule has 102 valence electrons. The van der Waals surface area contributed by atoms with Crippen LogP contribution >= 0.6 is 15.9 Å². The molecule has 0 saturated heterocycles. The van der Waals surface area contributed by atoms with E-state index in [-0.39, 0.29) is 0 Å². The largest absolute Gasteiger partial charge is 0.496 e. The van der Waals surface area contributed by atoms with Crippen molar-refractivity contribution in [2.45, 2.75) is 26.4 Å². The van der Waals surface area contributed by atoms with Crippen LogP contribution in [0.1, 0.15) is 18.9 Å². The maximum absolute atomic E-state index is 5.20. The van der Waals surface area contributed by atoms with Crippen molar-refractivity contribution < 1.29 is 4.74 Å². The van der Waals surface area contributed by atoms with E-state index in [0.29, 0.717) is 12.5 Å². The molecule has 1 aromatic heterocycles. The molecule has 0 unspecified atom stereocenters. The lowest BCUT2D eigenvalue weighted by Crippen LogP contribution is -2.08. The standard InChI is InChI=1S/C12H16BrN5O/c1-3-6-18-12(15-16-17-18)14-8-9-4-5-11(19-2)10(13)7-9/h4-5,7H,3,6,8H2,1-2H3,(H,14,15,17). The predicted molar refractivity (Wildman–Crippen MR) is 76.1 cm³/mol. The summed E-state index contributed by atoms with van der Waals surface area (Å²) >= 11 is 3.47. The molecule has 1 N–H and O–H groups in total. The number of anilines is 1. The number of ether oxygens (including phenoxy) is 1. The minimum Gasteiger partial charge on any atom is -0.496 e. The maximum atomic E-state index is 5.20. The highest BCUT2D eigenvalue weighted by Crippen LogP contribution is 2.25. The van der Waals surface area contributed by atoms with Gasteiger partial charge >= 0.3 is 0 Å². The van der Waals surface area contributed by atoms with Gasteiger partial charge in [-0.25, -0.2) is 4.68 Å². The van der Waals surface area contributed by atoms with Gasteiger partial charge in [-0.3, -0.25) is 0 Å². The van der Waals surface area contributed by atoms with Gasteiger partial charge in [-0.2, -0.15) is 0 Å². The lowest BCUT2D eigenvalue weighted by atomic mass is 10.2. The first-order chi connectivity index (χ1) is 9.24. The summed E-state index contributed by atoms with van der Waals surface area (Å²) in [6.07, 6.45) is 0.994. The molecule has 0 aliphatic carbocycles. The number of tetrazole rings is 1. The fraction of sp³-hybridized carbons (Fsp3) is 0.417. The molecular weight excluding hydrogens is 310 g/mol. The molecule has 0 atom stereocenters. The van der Waals surface area contributed by atoms with E-state index in [9.17, 15) is 0 Å². The monoisotopic (exact) mass is 325 g/mol. The second-order valence-electron chi connectivity index (χ2n) is 4.05. The van der Waals surface area contributed by atoms with Gasteiger partial charge in [0.05, 0.1) is 11.6 Å². The van der Waals surface area contributed by atoms with Gasteiger partial charge in [0.15, 0.2) is 0 Å².